The van der Waals surface area contributed by atoms with Crippen LogP contribution in [0.4, 0.5) is 13.2 Å². The summed E-state index contributed by atoms with van der Waals surface area (Å²) in [5, 5.41) is 4.35. The molecule has 0 N–H and O–H groups in total. The van der Waals surface area contributed by atoms with Crippen LogP contribution >= 0.6 is 11.8 Å². The minimum absolute atomic E-state index is 0.0725. The zero-order chi connectivity index (χ0) is 17.2. The number of benzene rings is 1. The molecule has 1 heterocycles. The van der Waals surface area contributed by atoms with Gasteiger partial charge in [-0.2, -0.15) is 18.3 Å². The highest BCUT2D eigenvalue weighted by Crippen LogP contribution is 2.33. The first-order valence-electron chi connectivity index (χ1n) is 7.16. The molecule has 23 heavy (non-hydrogen) atoms. The molecule has 1 aromatic carbocycles. The maximum absolute atomic E-state index is 12.4. The van der Waals surface area contributed by atoms with E-state index in [9.17, 15) is 13.2 Å². The topological polar surface area (TPSA) is 17.8 Å². The molecule has 0 aliphatic rings. The van der Waals surface area contributed by atoms with E-state index in [1.54, 1.807) is 10.7 Å². The molecule has 0 unspecified atom stereocenters. The Morgan fingerprint density at radius 2 is 1.87 bits per heavy atom. The summed E-state index contributed by atoms with van der Waals surface area (Å²) in [7, 11) is 0. The van der Waals surface area contributed by atoms with Crippen molar-refractivity contribution >= 4 is 17.3 Å². The zero-order valence-electron chi connectivity index (χ0n) is 13.4. The maximum atomic E-state index is 12.4. The van der Waals surface area contributed by atoms with E-state index in [4.69, 9.17) is 0 Å². The van der Waals surface area contributed by atoms with Crippen LogP contribution in [-0.4, -0.2) is 15.3 Å². The fourth-order valence-electron chi connectivity index (χ4n) is 2.41. The molecule has 2 nitrogen and oxygen atoms in total. The van der Waals surface area contributed by atoms with Crippen LogP contribution in [-0.2, 0) is 12.3 Å². The standard InChI is InChI=1S/C17H19F3N2S/c1-11(2)16-8-14(10-23-17(18,19)20)21-22(16)9-15-12(3)6-5-7-13(15)4/h5-8H,1,9-10H2,2-4H3. The van der Waals surface area contributed by atoms with Crippen molar-refractivity contribution in [3.63, 3.8) is 0 Å². The predicted molar refractivity (Wildman–Crippen MR) is 89.3 cm³/mol. The average molecular weight is 340 g/mol. The van der Waals surface area contributed by atoms with Gasteiger partial charge in [0, 0.05) is 5.75 Å². The van der Waals surface area contributed by atoms with Crippen LogP contribution in [0.2, 0.25) is 0 Å². The summed E-state index contributed by atoms with van der Waals surface area (Å²) in [6, 6.07) is 7.72. The van der Waals surface area contributed by atoms with Crippen LogP contribution in [0.15, 0.2) is 30.8 Å². The number of rotatable bonds is 5. The fraction of sp³-hybridized carbons (Fsp3) is 0.353. The van der Waals surface area contributed by atoms with E-state index in [0.717, 1.165) is 28.0 Å². The second-order valence-corrected chi connectivity index (χ2v) is 6.60. The van der Waals surface area contributed by atoms with E-state index in [1.165, 1.54) is 0 Å². The smallest absolute Gasteiger partial charge is 0.260 e. The summed E-state index contributed by atoms with van der Waals surface area (Å²) >= 11 is -0.0725. The van der Waals surface area contributed by atoms with Crippen molar-refractivity contribution in [1.29, 1.82) is 0 Å². The number of hydrogen-bond acceptors (Lipinski definition) is 2. The first-order chi connectivity index (χ1) is 10.7. The Kier molecular flexibility index (Phi) is 5.24. The molecule has 2 rings (SSSR count). The molecule has 0 saturated heterocycles. The van der Waals surface area contributed by atoms with E-state index in [2.05, 4.69) is 11.7 Å². The van der Waals surface area contributed by atoms with Gasteiger partial charge >= 0.3 is 5.51 Å². The lowest BCUT2D eigenvalue weighted by Crippen LogP contribution is -2.08. The molecular formula is C17H19F3N2S. The van der Waals surface area contributed by atoms with Gasteiger partial charge in [0.1, 0.15) is 0 Å². The Balaban J connectivity index is 2.30. The van der Waals surface area contributed by atoms with Crippen LogP contribution < -0.4 is 0 Å². The molecule has 0 atom stereocenters. The van der Waals surface area contributed by atoms with Crippen LogP contribution in [0.1, 0.15) is 35.0 Å². The molecule has 0 aliphatic carbocycles. The number of hydrogen-bond donors (Lipinski definition) is 0. The highest BCUT2D eigenvalue weighted by atomic mass is 32.2. The zero-order valence-corrected chi connectivity index (χ0v) is 14.2. The monoisotopic (exact) mass is 340 g/mol. The van der Waals surface area contributed by atoms with Gasteiger partial charge in [-0.1, -0.05) is 24.8 Å². The van der Waals surface area contributed by atoms with Crippen molar-refractivity contribution in [2.24, 2.45) is 0 Å². The van der Waals surface area contributed by atoms with E-state index >= 15 is 0 Å². The van der Waals surface area contributed by atoms with Gasteiger partial charge in [-0.05, 0) is 60.9 Å². The normalized spacial score (nSPS) is 11.7. The maximum Gasteiger partial charge on any atom is 0.442 e. The van der Waals surface area contributed by atoms with Crippen LogP contribution in [0.25, 0.3) is 5.57 Å². The van der Waals surface area contributed by atoms with Crippen LogP contribution in [0.3, 0.4) is 0 Å². The van der Waals surface area contributed by atoms with Crippen molar-refractivity contribution in [3.05, 3.63) is 58.9 Å². The summed E-state index contributed by atoms with van der Waals surface area (Å²) in [5.74, 6) is -0.191. The third-order valence-corrected chi connectivity index (χ3v) is 4.37. The Hall–Kier alpha value is -1.69. The van der Waals surface area contributed by atoms with Gasteiger partial charge in [0.05, 0.1) is 17.9 Å². The van der Waals surface area contributed by atoms with Gasteiger partial charge in [-0.3, -0.25) is 4.68 Å². The molecular weight excluding hydrogens is 321 g/mol. The molecule has 0 fully saturated rings. The van der Waals surface area contributed by atoms with Gasteiger partial charge in [0.2, 0.25) is 0 Å². The highest BCUT2D eigenvalue weighted by molar-refractivity contribution is 7.99. The lowest BCUT2D eigenvalue weighted by atomic mass is 10.0. The summed E-state index contributed by atoms with van der Waals surface area (Å²) in [6.45, 7) is 10.3. The van der Waals surface area contributed by atoms with Gasteiger partial charge in [-0.25, -0.2) is 0 Å². The molecule has 2 aromatic rings. The predicted octanol–water partition coefficient (Wildman–Crippen LogP) is 5.33. The lowest BCUT2D eigenvalue weighted by Gasteiger charge is -2.12. The SMILES string of the molecule is C=C(C)c1cc(CSC(F)(F)F)nn1Cc1c(C)cccc1C. The van der Waals surface area contributed by atoms with Crippen molar-refractivity contribution < 1.29 is 13.2 Å². The van der Waals surface area contributed by atoms with Gasteiger partial charge in [0.15, 0.2) is 0 Å². The number of nitrogens with zero attached hydrogens (tertiary/aromatic N) is 2. The molecule has 0 radical (unpaired) electrons. The molecule has 0 aliphatic heterocycles. The first-order valence-corrected chi connectivity index (χ1v) is 8.14. The second-order valence-electron chi connectivity index (χ2n) is 5.56. The van der Waals surface area contributed by atoms with E-state index in [1.807, 2.05) is 39.0 Å². The van der Waals surface area contributed by atoms with E-state index in [0.29, 0.717) is 12.2 Å². The molecule has 0 saturated carbocycles. The van der Waals surface area contributed by atoms with Crippen LogP contribution in [0, 0.1) is 13.8 Å². The van der Waals surface area contributed by atoms with Crippen molar-refractivity contribution in [1.82, 2.24) is 9.78 Å². The number of thioether (sulfide) groups is 1. The largest absolute Gasteiger partial charge is 0.442 e. The van der Waals surface area contributed by atoms with Crippen molar-refractivity contribution in [2.45, 2.75) is 38.6 Å². The van der Waals surface area contributed by atoms with Gasteiger partial charge in [0.25, 0.3) is 0 Å². The Morgan fingerprint density at radius 1 is 1.26 bits per heavy atom. The fourth-order valence-corrected chi connectivity index (χ4v) is 2.86. The molecule has 0 spiro atoms. The average Bonchev–Trinajstić information content (AvgIpc) is 2.83. The van der Waals surface area contributed by atoms with Crippen molar-refractivity contribution in [2.75, 3.05) is 0 Å². The molecule has 6 heteroatoms. The molecule has 124 valence electrons. The first kappa shape index (κ1) is 17.7. The summed E-state index contributed by atoms with van der Waals surface area (Å²) < 4.78 is 38.9. The molecule has 0 bridgehead atoms. The lowest BCUT2D eigenvalue weighted by molar-refractivity contribution is -0.0329. The quantitative estimate of drug-likeness (QED) is 0.732. The number of halogens is 3. The Morgan fingerprint density at radius 3 is 2.39 bits per heavy atom. The highest BCUT2D eigenvalue weighted by Gasteiger charge is 2.28. The van der Waals surface area contributed by atoms with Gasteiger partial charge in [-0.15, -0.1) is 0 Å². The number of aromatic nitrogens is 2. The van der Waals surface area contributed by atoms with E-state index in [-0.39, 0.29) is 17.5 Å². The number of aryl methyl sites for hydroxylation is 2. The summed E-state index contributed by atoms with van der Waals surface area (Å²) in [6.07, 6.45) is 0. The van der Waals surface area contributed by atoms with Crippen LogP contribution in [0.5, 0.6) is 0 Å². The number of alkyl halides is 3. The Bertz CT molecular complexity index is 697. The van der Waals surface area contributed by atoms with Crippen molar-refractivity contribution in [3.8, 4) is 0 Å². The minimum atomic E-state index is -4.25. The molecule has 1 aromatic heterocycles. The molecule has 0 amide bonds. The second kappa shape index (κ2) is 6.83. The number of allylic oxidation sites excluding steroid dienone is 1. The van der Waals surface area contributed by atoms with Gasteiger partial charge < -0.3 is 0 Å². The summed E-state index contributed by atoms with van der Waals surface area (Å²) in [5.41, 5.74) is 1.13. The Labute approximate surface area is 138 Å². The minimum Gasteiger partial charge on any atom is -0.260 e. The van der Waals surface area contributed by atoms with E-state index < -0.39 is 5.51 Å². The summed E-state index contributed by atoms with van der Waals surface area (Å²) in [4.78, 5) is 0. The third-order valence-electron chi connectivity index (χ3n) is 3.60. The third kappa shape index (κ3) is 4.64.